The summed E-state index contributed by atoms with van der Waals surface area (Å²) in [6.45, 7) is 3.20. The van der Waals surface area contributed by atoms with Gasteiger partial charge in [0.2, 0.25) is 5.91 Å². The van der Waals surface area contributed by atoms with E-state index in [1.165, 1.54) is 52.3 Å². The molecule has 3 unspecified atom stereocenters. The predicted octanol–water partition coefficient (Wildman–Crippen LogP) is 4.88. The molecule has 56 heavy (non-hydrogen) atoms. The zero-order valence-electron chi connectivity index (χ0n) is 29.6. The zero-order valence-corrected chi connectivity index (χ0v) is 32.7. The fourth-order valence-electron chi connectivity index (χ4n) is 5.94. The number of hydrogen-bond donors (Lipinski definition) is 4. The molecule has 1 saturated heterocycles. The van der Waals surface area contributed by atoms with Gasteiger partial charge < -0.3 is 35.1 Å². The second-order valence-corrected chi connectivity index (χ2v) is 15.3. The number of amides is 4. The van der Waals surface area contributed by atoms with Gasteiger partial charge in [-0.25, -0.2) is 19.4 Å². The number of aromatic amines is 1. The van der Waals surface area contributed by atoms with Crippen LogP contribution in [0.1, 0.15) is 18.7 Å². The van der Waals surface area contributed by atoms with Gasteiger partial charge in [0.05, 0.1) is 22.9 Å². The first-order valence-corrected chi connectivity index (χ1v) is 19.6. The number of rotatable bonds is 11. The molecular weight excluding hydrogens is 807 g/mol. The number of halogens is 2. The average molecular weight is 840 g/mol. The highest BCUT2D eigenvalue weighted by atomic mass is 35.5. The number of carboxylic acids is 1. The number of fused-ring (bicyclic) bond motifs is 2. The molecule has 15 nitrogen and oxygen atoms in total. The van der Waals surface area contributed by atoms with Crippen molar-refractivity contribution in [2.75, 3.05) is 25.4 Å². The van der Waals surface area contributed by atoms with E-state index in [2.05, 4.69) is 32.4 Å². The number of benzene rings is 2. The number of aliphatic carboxylic acids is 1. The molecule has 290 valence electrons. The van der Waals surface area contributed by atoms with Crippen LogP contribution in [0.25, 0.3) is 22.3 Å². The van der Waals surface area contributed by atoms with Gasteiger partial charge in [-0.3, -0.25) is 19.3 Å². The quantitative estimate of drug-likeness (QED) is 0.119. The molecule has 2 aromatic heterocycles. The van der Waals surface area contributed by atoms with Gasteiger partial charge >= 0.3 is 18.2 Å². The maximum absolute atomic E-state index is 13.4. The van der Waals surface area contributed by atoms with E-state index in [-0.39, 0.29) is 65.0 Å². The fraction of sp³-hybridized carbons (Fsp3) is 0.270. The Kier molecular flexibility index (Phi) is 12.5. The Balaban J connectivity index is 1.02. The summed E-state index contributed by atoms with van der Waals surface area (Å²) in [5.74, 6) is 3.45. The standard InChI is InChI=1S/C37H32Cl2N6O9S2/c1-3-44(37(52)54-27-11-9-22(39)15-25(27)31-41-26-10-8-21(38)14-24(26)32(47)43-31)19(2)17-40-36(51)53-12-4-6-20-18-56-34-29(33(48)45(34)30(20)35(49)50)42-28(46)16-23-7-5-13-55-23/h5,7-11,13-15,19,29,34H,3,12,16-18H2,1-2H3,(H,40,51)(H,42,46)(H,49,50)(H,41,43,47). The van der Waals surface area contributed by atoms with Gasteiger partial charge in [0.1, 0.15) is 28.7 Å². The zero-order chi connectivity index (χ0) is 40.1. The number of aromatic nitrogens is 2. The summed E-state index contributed by atoms with van der Waals surface area (Å²) in [5.41, 5.74) is 0.0748. The molecule has 6 rings (SSSR count). The number of carboxylic acid groups (broad SMARTS) is 1. The van der Waals surface area contributed by atoms with E-state index in [0.717, 1.165) is 9.78 Å². The van der Waals surface area contributed by atoms with Gasteiger partial charge in [-0.1, -0.05) is 41.1 Å². The van der Waals surface area contributed by atoms with Crippen molar-refractivity contribution in [1.29, 1.82) is 0 Å². The molecule has 0 radical (unpaired) electrons. The van der Waals surface area contributed by atoms with Crippen LogP contribution >= 0.6 is 46.3 Å². The highest BCUT2D eigenvalue weighted by Crippen LogP contribution is 2.40. The van der Waals surface area contributed by atoms with Crippen molar-refractivity contribution in [3.8, 4) is 29.0 Å². The lowest BCUT2D eigenvalue weighted by atomic mass is 10.0. The summed E-state index contributed by atoms with van der Waals surface area (Å²) >= 11 is 15.0. The number of thioether (sulfide) groups is 1. The molecule has 4 amide bonds. The minimum atomic E-state index is -1.35. The Morgan fingerprint density at radius 3 is 2.64 bits per heavy atom. The van der Waals surface area contributed by atoms with Crippen LogP contribution in [-0.4, -0.2) is 97.8 Å². The van der Waals surface area contributed by atoms with E-state index in [0.29, 0.717) is 15.6 Å². The highest BCUT2D eigenvalue weighted by molar-refractivity contribution is 8.00. The van der Waals surface area contributed by atoms with Crippen molar-refractivity contribution in [2.24, 2.45) is 0 Å². The molecule has 3 atom stereocenters. The lowest BCUT2D eigenvalue weighted by Gasteiger charge is -2.48. The van der Waals surface area contributed by atoms with Gasteiger partial charge in [-0.15, -0.1) is 23.1 Å². The highest BCUT2D eigenvalue weighted by Gasteiger charge is 2.54. The minimum Gasteiger partial charge on any atom is -0.477 e. The van der Waals surface area contributed by atoms with Crippen molar-refractivity contribution in [3.63, 3.8) is 0 Å². The van der Waals surface area contributed by atoms with Gasteiger partial charge in [-0.05, 0) is 61.7 Å². The SMILES string of the molecule is CCN(C(=O)Oc1ccc(Cl)cc1-c1nc2ccc(Cl)cc2c(=O)[nH]1)C(C)CNC(=O)OCC#CC1=C(C(=O)O)N2C(=O)C(NC(=O)Cc3cccs3)C2SC1. The number of carbonyl (C=O) groups is 5. The molecule has 4 heterocycles. The monoisotopic (exact) mass is 838 g/mol. The summed E-state index contributed by atoms with van der Waals surface area (Å²) in [6, 6.07) is 11.4. The topological polar surface area (TPSA) is 200 Å². The summed E-state index contributed by atoms with van der Waals surface area (Å²) in [6.07, 6.45) is -1.47. The van der Waals surface area contributed by atoms with E-state index in [1.807, 2.05) is 17.5 Å². The van der Waals surface area contributed by atoms with Gasteiger partial charge in [0, 0.05) is 45.4 Å². The second kappa shape index (κ2) is 17.5. The predicted molar refractivity (Wildman–Crippen MR) is 211 cm³/mol. The third-order valence-electron chi connectivity index (χ3n) is 8.63. The van der Waals surface area contributed by atoms with Crippen LogP contribution in [-0.2, 0) is 25.5 Å². The second-order valence-electron chi connectivity index (χ2n) is 12.3. The first-order valence-electron chi connectivity index (χ1n) is 16.9. The van der Waals surface area contributed by atoms with Crippen LogP contribution in [0, 0.1) is 11.8 Å². The first kappa shape index (κ1) is 40.1. The molecule has 4 N–H and O–H groups in total. The molecule has 19 heteroatoms. The maximum atomic E-state index is 13.4. The van der Waals surface area contributed by atoms with E-state index in [4.69, 9.17) is 32.7 Å². The van der Waals surface area contributed by atoms with Crippen molar-refractivity contribution in [1.82, 2.24) is 30.4 Å². The first-order chi connectivity index (χ1) is 26.8. The van der Waals surface area contributed by atoms with E-state index in [1.54, 1.807) is 26.0 Å². The lowest BCUT2D eigenvalue weighted by Crippen LogP contribution is -2.70. The Hall–Kier alpha value is -5.54. The number of hydrogen-bond acceptors (Lipinski definition) is 11. The number of H-pyrrole nitrogens is 1. The van der Waals surface area contributed by atoms with Crippen molar-refractivity contribution in [3.05, 3.63) is 90.5 Å². The summed E-state index contributed by atoms with van der Waals surface area (Å²) in [5, 5.41) is 17.4. The summed E-state index contributed by atoms with van der Waals surface area (Å²) in [4.78, 5) is 86.7. The molecule has 2 aromatic carbocycles. The van der Waals surface area contributed by atoms with Crippen LogP contribution in [0.5, 0.6) is 5.75 Å². The van der Waals surface area contributed by atoms with Gasteiger partial charge in [-0.2, -0.15) is 0 Å². The van der Waals surface area contributed by atoms with E-state index >= 15 is 0 Å². The van der Waals surface area contributed by atoms with Crippen LogP contribution < -0.4 is 20.9 Å². The molecule has 1 fully saturated rings. The average Bonchev–Trinajstić information content (AvgIpc) is 3.68. The Morgan fingerprint density at radius 1 is 1.14 bits per heavy atom. The molecule has 2 aliphatic rings. The van der Waals surface area contributed by atoms with Crippen molar-refractivity contribution in [2.45, 2.75) is 37.7 Å². The summed E-state index contributed by atoms with van der Waals surface area (Å²) in [7, 11) is 0. The van der Waals surface area contributed by atoms with Crippen molar-refractivity contribution >= 4 is 87.2 Å². The molecule has 4 aromatic rings. The molecule has 0 spiro atoms. The Bertz CT molecular complexity index is 2380. The normalized spacial score (nSPS) is 16.5. The van der Waals surface area contributed by atoms with Crippen LogP contribution in [0.15, 0.2) is 70.0 Å². The van der Waals surface area contributed by atoms with E-state index < -0.39 is 53.7 Å². The number of nitrogens with one attached hydrogen (secondary N) is 3. The van der Waals surface area contributed by atoms with Crippen LogP contribution in [0.4, 0.5) is 9.59 Å². The van der Waals surface area contributed by atoms with Gasteiger partial charge in [0.15, 0.2) is 6.61 Å². The molecule has 0 aliphatic carbocycles. The minimum absolute atomic E-state index is 0.0285. The number of nitrogens with zero attached hydrogens (tertiary/aromatic N) is 3. The number of alkyl carbamates (subject to hydrolysis) is 1. The largest absolute Gasteiger partial charge is 0.477 e. The van der Waals surface area contributed by atoms with E-state index in [9.17, 15) is 33.9 Å². The number of β-lactam (4-membered cyclic amide) rings is 1. The fourth-order valence-corrected chi connectivity index (χ4v) is 8.27. The lowest BCUT2D eigenvalue weighted by molar-refractivity contribution is -0.150. The maximum Gasteiger partial charge on any atom is 0.415 e. The van der Waals surface area contributed by atoms with Crippen LogP contribution in [0.3, 0.4) is 0 Å². The smallest absolute Gasteiger partial charge is 0.415 e. The van der Waals surface area contributed by atoms with Crippen molar-refractivity contribution < 1.29 is 38.6 Å². The molecule has 0 bridgehead atoms. The molecule has 0 saturated carbocycles. The third kappa shape index (κ3) is 8.95. The molecular formula is C37H32Cl2N6O9S2. The molecule has 2 aliphatic heterocycles. The number of likely N-dealkylation sites (N-methyl/N-ethyl adjacent to an activating group) is 1. The Labute approximate surface area is 337 Å². The number of carbonyl (C=O) groups excluding carboxylic acids is 4. The van der Waals surface area contributed by atoms with Gasteiger partial charge in [0.25, 0.3) is 11.5 Å². The summed E-state index contributed by atoms with van der Waals surface area (Å²) < 4.78 is 10.9. The third-order valence-corrected chi connectivity index (χ3v) is 11.3. The number of thiophene rings is 1. The van der Waals surface area contributed by atoms with Crippen LogP contribution in [0.2, 0.25) is 10.0 Å². The Morgan fingerprint density at radius 2 is 1.91 bits per heavy atom. The number of ether oxygens (including phenoxy) is 2.